The standard InChI is InChI=1S/C19H26N2O2S/c1-15-9-5-6-10-16(15)13-20-14-17-11-7-8-12-18(17)24(22,23)21-19(2,3)4/h5-12,20-21H,13-14H2,1-4H3. The molecular weight excluding hydrogens is 320 g/mol. The zero-order valence-electron chi connectivity index (χ0n) is 14.8. The summed E-state index contributed by atoms with van der Waals surface area (Å²) < 4.78 is 27.9. The van der Waals surface area contributed by atoms with Crippen LogP contribution < -0.4 is 10.0 Å². The summed E-state index contributed by atoms with van der Waals surface area (Å²) in [6.07, 6.45) is 0. The Morgan fingerprint density at radius 3 is 2.04 bits per heavy atom. The second-order valence-electron chi connectivity index (χ2n) is 6.99. The van der Waals surface area contributed by atoms with Crippen molar-refractivity contribution < 1.29 is 8.42 Å². The van der Waals surface area contributed by atoms with Crippen molar-refractivity contribution in [3.05, 3.63) is 65.2 Å². The summed E-state index contributed by atoms with van der Waals surface area (Å²) in [6, 6.07) is 15.3. The van der Waals surface area contributed by atoms with Gasteiger partial charge in [0.25, 0.3) is 0 Å². The van der Waals surface area contributed by atoms with Gasteiger partial charge >= 0.3 is 0 Å². The third-order valence-corrected chi connectivity index (χ3v) is 5.45. The average molecular weight is 346 g/mol. The van der Waals surface area contributed by atoms with Gasteiger partial charge < -0.3 is 5.32 Å². The Labute approximate surface area is 145 Å². The molecule has 0 aliphatic carbocycles. The first kappa shape index (κ1) is 18.6. The van der Waals surface area contributed by atoms with Gasteiger partial charge in [-0.3, -0.25) is 0 Å². The third kappa shape index (κ3) is 5.16. The largest absolute Gasteiger partial charge is 0.309 e. The van der Waals surface area contributed by atoms with Gasteiger partial charge in [-0.2, -0.15) is 0 Å². The zero-order valence-corrected chi connectivity index (χ0v) is 15.6. The van der Waals surface area contributed by atoms with Crippen molar-refractivity contribution in [3.8, 4) is 0 Å². The number of aryl methyl sites for hydroxylation is 1. The molecule has 0 amide bonds. The van der Waals surface area contributed by atoms with Crippen LogP contribution in [0.1, 0.15) is 37.5 Å². The van der Waals surface area contributed by atoms with Gasteiger partial charge in [0.05, 0.1) is 4.90 Å². The topological polar surface area (TPSA) is 58.2 Å². The molecule has 24 heavy (non-hydrogen) atoms. The van der Waals surface area contributed by atoms with E-state index in [2.05, 4.69) is 29.1 Å². The van der Waals surface area contributed by atoms with E-state index in [1.165, 1.54) is 11.1 Å². The summed E-state index contributed by atoms with van der Waals surface area (Å²) in [5.74, 6) is 0. The lowest BCUT2D eigenvalue weighted by Gasteiger charge is -2.21. The van der Waals surface area contributed by atoms with E-state index < -0.39 is 15.6 Å². The van der Waals surface area contributed by atoms with Gasteiger partial charge in [-0.25, -0.2) is 13.1 Å². The number of sulfonamides is 1. The Bertz CT molecular complexity index is 793. The first-order valence-corrected chi connectivity index (χ1v) is 9.54. The second kappa shape index (κ2) is 7.47. The Hall–Kier alpha value is -1.69. The number of benzene rings is 2. The molecule has 4 nitrogen and oxygen atoms in total. The Morgan fingerprint density at radius 1 is 0.875 bits per heavy atom. The summed E-state index contributed by atoms with van der Waals surface area (Å²) in [7, 11) is -3.54. The molecule has 0 spiro atoms. The van der Waals surface area contributed by atoms with E-state index in [1.807, 2.05) is 45.0 Å². The summed E-state index contributed by atoms with van der Waals surface area (Å²) in [5.41, 5.74) is 2.69. The molecular formula is C19H26N2O2S. The van der Waals surface area contributed by atoms with E-state index in [9.17, 15) is 8.42 Å². The Balaban J connectivity index is 2.13. The van der Waals surface area contributed by atoms with Crippen molar-refractivity contribution in [3.63, 3.8) is 0 Å². The van der Waals surface area contributed by atoms with Crippen molar-refractivity contribution in [1.82, 2.24) is 10.0 Å². The minimum atomic E-state index is -3.54. The number of hydrogen-bond acceptors (Lipinski definition) is 3. The molecule has 5 heteroatoms. The predicted octanol–water partition coefficient (Wildman–Crippen LogP) is 3.36. The van der Waals surface area contributed by atoms with E-state index in [0.29, 0.717) is 18.0 Å². The maximum Gasteiger partial charge on any atom is 0.241 e. The molecule has 2 rings (SSSR count). The van der Waals surface area contributed by atoms with Crippen molar-refractivity contribution >= 4 is 10.0 Å². The molecule has 2 N–H and O–H groups in total. The average Bonchev–Trinajstić information content (AvgIpc) is 2.47. The van der Waals surface area contributed by atoms with Gasteiger partial charge in [-0.15, -0.1) is 0 Å². The molecule has 0 unspecified atom stereocenters. The first-order chi connectivity index (χ1) is 11.2. The lowest BCUT2D eigenvalue weighted by atomic mass is 10.1. The Kier molecular flexibility index (Phi) is 5.80. The second-order valence-corrected chi connectivity index (χ2v) is 8.64. The highest BCUT2D eigenvalue weighted by Gasteiger charge is 2.23. The minimum Gasteiger partial charge on any atom is -0.309 e. The lowest BCUT2D eigenvalue weighted by molar-refractivity contribution is 0.490. The summed E-state index contributed by atoms with van der Waals surface area (Å²) in [5, 5.41) is 3.34. The van der Waals surface area contributed by atoms with Crippen LogP contribution in [0.15, 0.2) is 53.4 Å². The smallest absolute Gasteiger partial charge is 0.241 e. The SMILES string of the molecule is Cc1ccccc1CNCc1ccccc1S(=O)(=O)NC(C)(C)C. The molecule has 0 aliphatic rings. The van der Waals surface area contributed by atoms with Crippen LogP contribution >= 0.6 is 0 Å². The molecule has 0 aliphatic heterocycles. The molecule has 0 saturated carbocycles. The Morgan fingerprint density at radius 2 is 1.42 bits per heavy atom. The molecule has 0 radical (unpaired) electrons. The van der Waals surface area contributed by atoms with E-state index in [0.717, 1.165) is 5.56 Å². The van der Waals surface area contributed by atoms with Crippen LogP contribution in [0.2, 0.25) is 0 Å². The van der Waals surface area contributed by atoms with Crippen molar-refractivity contribution in [1.29, 1.82) is 0 Å². The van der Waals surface area contributed by atoms with Gasteiger partial charge in [-0.1, -0.05) is 42.5 Å². The van der Waals surface area contributed by atoms with Crippen molar-refractivity contribution in [2.75, 3.05) is 0 Å². The molecule has 0 bridgehead atoms. The predicted molar refractivity (Wildman–Crippen MR) is 98.2 cm³/mol. The zero-order chi connectivity index (χ0) is 17.8. The monoisotopic (exact) mass is 346 g/mol. The van der Waals surface area contributed by atoms with Crippen LogP contribution in [0, 0.1) is 6.92 Å². The minimum absolute atomic E-state index is 0.331. The summed E-state index contributed by atoms with van der Waals surface area (Å²) in [6.45, 7) is 8.78. The molecule has 2 aromatic rings. The summed E-state index contributed by atoms with van der Waals surface area (Å²) in [4.78, 5) is 0.331. The van der Waals surface area contributed by atoms with Crippen LogP contribution in [0.25, 0.3) is 0 Å². The highest BCUT2D eigenvalue weighted by Crippen LogP contribution is 2.18. The molecule has 0 aromatic heterocycles. The third-order valence-electron chi connectivity index (χ3n) is 3.59. The number of hydrogen-bond donors (Lipinski definition) is 2. The quantitative estimate of drug-likeness (QED) is 0.843. The maximum atomic E-state index is 12.6. The number of nitrogens with one attached hydrogen (secondary N) is 2. The highest BCUT2D eigenvalue weighted by molar-refractivity contribution is 7.89. The highest BCUT2D eigenvalue weighted by atomic mass is 32.2. The molecule has 0 heterocycles. The van der Waals surface area contributed by atoms with Crippen LogP contribution in [-0.2, 0) is 23.1 Å². The number of rotatable bonds is 6. The van der Waals surface area contributed by atoms with E-state index in [4.69, 9.17) is 0 Å². The van der Waals surface area contributed by atoms with Crippen molar-refractivity contribution in [2.24, 2.45) is 0 Å². The fourth-order valence-corrected chi connectivity index (χ4v) is 4.17. The van der Waals surface area contributed by atoms with E-state index in [-0.39, 0.29) is 0 Å². The van der Waals surface area contributed by atoms with Gasteiger partial charge in [0.1, 0.15) is 0 Å². The van der Waals surface area contributed by atoms with Gasteiger partial charge in [0.2, 0.25) is 10.0 Å². The fraction of sp³-hybridized carbons (Fsp3) is 0.368. The van der Waals surface area contributed by atoms with Gasteiger partial charge in [0.15, 0.2) is 0 Å². The van der Waals surface area contributed by atoms with E-state index >= 15 is 0 Å². The van der Waals surface area contributed by atoms with Gasteiger partial charge in [-0.05, 0) is 50.5 Å². The fourth-order valence-electron chi connectivity index (χ4n) is 2.51. The normalized spacial score (nSPS) is 12.3. The molecule has 130 valence electrons. The lowest BCUT2D eigenvalue weighted by Crippen LogP contribution is -2.40. The maximum absolute atomic E-state index is 12.6. The molecule has 0 saturated heterocycles. The van der Waals surface area contributed by atoms with Crippen LogP contribution in [-0.4, -0.2) is 14.0 Å². The first-order valence-electron chi connectivity index (χ1n) is 8.06. The molecule has 2 aromatic carbocycles. The van der Waals surface area contributed by atoms with Crippen LogP contribution in [0.4, 0.5) is 0 Å². The molecule has 0 fully saturated rings. The van der Waals surface area contributed by atoms with Crippen LogP contribution in [0.5, 0.6) is 0 Å². The molecule has 0 atom stereocenters. The van der Waals surface area contributed by atoms with Gasteiger partial charge in [0, 0.05) is 18.6 Å². The van der Waals surface area contributed by atoms with E-state index in [1.54, 1.807) is 12.1 Å². The van der Waals surface area contributed by atoms with Crippen molar-refractivity contribution in [2.45, 2.75) is 51.2 Å². The summed E-state index contributed by atoms with van der Waals surface area (Å²) >= 11 is 0. The van der Waals surface area contributed by atoms with Crippen LogP contribution in [0.3, 0.4) is 0 Å².